The molecule has 2 N–H and O–H groups in total. The zero-order valence-electron chi connectivity index (χ0n) is 12.5. The molecule has 0 saturated carbocycles. The summed E-state index contributed by atoms with van der Waals surface area (Å²) in [5.74, 6) is 0.350. The van der Waals surface area contributed by atoms with Gasteiger partial charge in [0.25, 0.3) is 0 Å². The molecule has 0 aromatic heterocycles. The number of ether oxygens (including phenoxy) is 1. The van der Waals surface area contributed by atoms with Crippen molar-refractivity contribution >= 4 is 5.91 Å². The van der Waals surface area contributed by atoms with Gasteiger partial charge in [-0.1, -0.05) is 32.0 Å². The van der Waals surface area contributed by atoms with E-state index in [1.54, 1.807) is 25.2 Å². The molecule has 118 valence electrons. The van der Waals surface area contributed by atoms with Crippen molar-refractivity contribution in [3.8, 4) is 5.75 Å². The van der Waals surface area contributed by atoms with Gasteiger partial charge >= 0.3 is 6.61 Å². The van der Waals surface area contributed by atoms with Gasteiger partial charge in [-0.15, -0.1) is 0 Å². The molecule has 1 atom stereocenters. The predicted molar refractivity (Wildman–Crippen MR) is 77.2 cm³/mol. The number of nitrogens with one attached hydrogen (secondary N) is 2. The summed E-state index contributed by atoms with van der Waals surface area (Å²) in [6.07, 6.45) is 0.664. The van der Waals surface area contributed by atoms with Gasteiger partial charge in [0, 0.05) is 19.2 Å². The van der Waals surface area contributed by atoms with Gasteiger partial charge in [0.2, 0.25) is 5.91 Å². The summed E-state index contributed by atoms with van der Waals surface area (Å²) >= 11 is 0. The average Bonchev–Trinajstić information content (AvgIpc) is 2.43. The molecule has 1 aromatic carbocycles. The highest BCUT2D eigenvalue weighted by Gasteiger charge is 2.18. The normalized spacial score (nSPS) is 12.5. The summed E-state index contributed by atoms with van der Waals surface area (Å²) in [6.45, 7) is 1.46. The molecule has 1 unspecified atom stereocenters. The van der Waals surface area contributed by atoms with E-state index < -0.39 is 6.61 Å². The maximum Gasteiger partial charge on any atom is 0.387 e. The molecule has 0 aliphatic rings. The van der Waals surface area contributed by atoms with Gasteiger partial charge < -0.3 is 15.4 Å². The minimum Gasteiger partial charge on any atom is -0.434 e. The monoisotopic (exact) mass is 300 g/mol. The van der Waals surface area contributed by atoms with E-state index in [1.807, 2.05) is 13.8 Å². The maximum absolute atomic E-state index is 12.3. The van der Waals surface area contributed by atoms with E-state index in [2.05, 4.69) is 15.4 Å². The molecule has 0 spiro atoms. The maximum atomic E-state index is 12.3. The standard InChI is InChI=1S/C15H22F2N2O2/c1-10(2)8-12(14(20)18-3)19-9-11-6-4-5-7-13(11)21-15(16)17/h4-7,10,12,15,19H,8-9H2,1-3H3,(H,18,20). The van der Waals surface area contributed by atoms with E-state index in [0.29, 0.717) is 17.9 Å². The first kappa shape index (κ1) is 17.4. The number of carbonyl (C=O) groups is 1. The van der Waals surface area contributed by atoms with Crippen LogP contribution in [0, 0.1) is 5.92 Å². The van der Waals surface area contributed by atoms with Crippen LogP contribution >= 0.6 is 0 Å². The highest BCUT2D eigenvalue weighted by molar-refractivity contribution is 5.81. The molecule has 0 aliphatic heterocycles. The number of alkyl halides is 2. The van der Waals surface area contributed by atoms with Crippen molar-refractivity contribution in [2.24, 2.45) is 5.92 Å². The molecule has 0 saturated heterocycles. The third kappa shape index (κ3) is 6.08. The molecule has 21 heavy (non-hydrogen) atoms. The van der Waals surface area contributed by atoms with Crippen LogP contribution in [0.3, 0.4) is 0 Å². The van der Waals surface area contributed by atoms with Gasteiger partial charge in [0.05, 0.1) is 6.04 Å². The molecule has 0 bridgehead atoms. The summed E-state index contributed by atoms with van der Waals surface area (Å²) in [7, 11) is 1.57. The van der Waals surface area contributed by atoms with Gasteiger partial charge in [0.15, 0.2) is 0 Å². The number of halogens is 2. The van der Waals surface area contributed by atoms with E-state index in [9.17, 15) is 13.6 Å². The second-order valence-electron chi connectivity index (χ2n) is 5.16. The Morgan fingerprint density at radius 3 is 2.52 bits per heavy atom. The number of rotatable bonds is 8. The van der Waals surface area contributed by atoms with Crippen LogP contribution < -0.4 is 15.4 Å². The number of para-hydroxylation sites is 1. The number of carbonyl (C=O) groups excluding carboxylic acids is 1. The van der Waals surface area contributed by atoms with Crippen molar-refractivity contribution in [1.82, 2.24) is 10.6 Å². The van der Waals surface area contributed by atoms with Crippen molar-refractivity contribution in [1.29, 1.82) is 0 Å². The minimum absolute atomic E-state index is 0.115. The van der Waals surface area contributed by atoms with Crippen molar-refractivity contribution in [2.75, 3.05) is 7.05 Å². The molecule has 0 heterocycles. The Labute approximate surface area is 123 Å². The quantitative estimate of drug-likeness (QED) is 0.775. The number of hydrogen-bond donors (Lipinski definition) is 2. The summed E-state index contributed by atoms with van der Waals surface area (Å²) in [5, 5.41) is 5.70. The van der Waals surface area contributed by atoms with Gasteiger partial charge in [0.1, 0.15) is 5.75 Å². The third-order valence-electron chi connectivity index (χ3n) is 3.00. The van der Waals surface area contributed by atoms with Crippen LogP contribution in [0.2, 0.25) is 0 Å². The summed E-state index contributed by atoms with van der Waals surface area (Å²) in [5.41, 5.74) is 0.593. The minimum atomic E-state index is -2.86. The number of likely N-dealkylation sites (N-methyl/N-ethyl adjacent to an activating group) is 1. The van der Waals surface area contributed by atoms with Crippen LogP contribution in [0.1, 0.15) is 25.8 Å². The molecule has 0 radical (unpaired) electrons. The first-order valence-corrected chi connectivity index (χ1v) is 6.91. The summed E-state index contributed by atoms with van der Waals surface area (Å²) < 4.78 is 29.2. The topological polar surface area (TPSA) is 50.4 Å². The predicted octanol–water partition coefficient (Wildman–Crippen LogP) is 2.54. The Morgan fingerprint density at radius 1 is 1.29 bits per heavy atom. The molecular formula is C15H22F2N2O2. The van der Waals surface area contributed by atoms with Crippen LogP contribution in [0.25, 0.3) is 0 Å². The number of hydrogen-bond acceptors (Lipinski definition) is 3. The van der Waals surface area contributed by atoms with E-state index in [-0.39, 0.29) is 24.2 Å². The van der Waals surface area contributed by atoms with Crippen molar-refractivity contribution in [3.05, 3.63) is 29.8 Å². The van der Waals surface area contributed by atoms with Gasteiger partial charge in [-0.3, -0.25) is 4.79 Å². The fraction of sp³-hybridized carbons (Fsp3) is 0.533. The smallest absolute Gasteiger partial charge is 0.387 e. The van der Waals surface area contributed by atoms with E-state index in [0.717, 1.165) is 0 Å². The molecule has 0 aliphatic carbocycles. The fourth-order valence-corrected chi connectivity index (χ4v) is 2.02. The van der Waals surface area contributed by atoms with Crippen LogP contribution in [0.5, 0.6) is 5.75 Å². The summed E-state index contributed by atoms with van der Waals surface area (Å²) in [4.78, 5) is 11.8. The Balaban J connectivity index is 2.73. The molecule has 1 rings (SSSR count). The molecular weight excluding hydrogens is 278 g/mol. The zero-order valence-corrected chi connectivity index (χ0v) is 12.5. The van der Waals surface area contributed by atoms with Crippen molar-refractivity contribution < 1.29 is 18.3 Å². The highest BCUT2D eigenvalue weighted by atomic mass is 19.3. The lowest BCUT2D eigenvalue weighted by Crippen LogP contribution is -2.43. The molecule has 6 heteroatoms. The highest BCUT2D eigenvalue weighted by Crippen LogP contribution is 2.20. The molecule has 1 aromatic rings. The average molecular weight is 300 g/mol. The third-order valence-corrected chi connectivity index (χ3v) is 3.00. The first-order chi connectivity index (χ1) is 9.93. The fourth-order valence-electron chi connectivity index (χ4n) is 2.02. The molecule has 0 fully saturated rings. The van der Waals surface area contributed by atoms with Crippen molar-refractivity contribution in [3.63, 3.8) is 0 Å². The first-order valence-electron chi connectivity index (χ1n) is 6.91. The van der Waals surface area contributed by atoms with Crippen LogP contribution in [-0.4, -0.2) is 25.6 Å². The lowest BCUT2D eigenvalue weighted by Gasteiger charge is -2.20. The Bertz CT molecular complexity index is 453. The van der Waals surface area contributed by atoms with Gasteiger partial charge in [-0.2, -0.15) is 8.78 Å². The second kappa shape index (κ2) is 8.56. The Morgan fingerprint density at radius 2 is 1.95 bits per heavy atom. The second-order valence-corrected chi connectivity index (χ2v) is 5.16. The molecule has 4 nitrogen and oxygen atoms in total. The van der Waals surface area contributed by atoms with Crippen LogP contribution in [0.4, 0.5) is 8.78 Å². The Hall–Kier alpha value is -1.69. The van der Waals surface area contributed by atoms with Gasteiger partial charge in [-0.05, 0) is 18.4 Å². The Kier molecular flexibility index (Phi) is 7.08. The number of amides is 1. The lowest BCUT2D eigenvalue weighted by atomic mass is 10.0. The molecule has 1 amide bonds. The lowest BCUT2D eigenvalue weighted by molar-refractivity contribution is -0.123. The van der Waals surface area contributed by atoms with Crippen LogP contribution in [0.15, 0.2) is 24.3 Å². The van der Waals surface area contributed by atoms with E-state index in [1.165, 1.54) is 6.07 Å². The largest absolute Gasteiger partial charge is 0.434 e. The zero-order chi connectivity index (χ0) is 15.8. The van der Waals surface area contributed by atoms with Crippen LogP contribution in [-0.2, 0) is 11.3 Å². The van der Waals surface area contributed by atoms with E-state index in [4.69, 9.17) is 0 Å². The number of benzene rings is 1. The summed E-state index contributed by atoms with van der Waals surface area (Å²) in [6, 6.07) is 6.19. The van der Waals surface area contributed by atoms with E-state index >= 15 is 0 Å². The van der Waals surface area contributed by atoms with Gasteiger partial charge in [-0.25, -0.2) is 0 Å². The SMILES string of the molecule is CNC(=O)C(CC(C)C)NCc1ccccc1OC(F)F. The van der Waals surface area contributed by atoms with Crippen molar-refractivity contribution in [2.45, 2.75) is 39.5 Å².